The van der Waals surface area contributed by atoms with Crippen LogP contribution in [0.5, 0.6) is 5.75 Å². The zero-order chi connectivity index (χ0) is 15.9. The predicted molar refractivity (Wildman–Crippen MR) is 88.0 cm³/mol. The number of carbonyl (C=O) groups excluding carboxylic acids is 1. The number of piperazine rings is 1. The summed E-state index contributed by atoms with van der Waals surface area (Å²) in [7, 11) is 5.64. The van der Waals surface area contributed by atoms with Crippen LogP contribution in [0.4, 0.5) is 0 Å². The molecule has 1 aliphatic heterocycles. The third kappa shape index (κ3) is 4.32. The Labute approximate surface area is 132 Å². The number of amides is 1. The summed E-state index contributed by atoms with van der Waals surface area (Å²) >= 11 is 0. The maximum atomic E-state index is 12.3. The van der Waals surface area contributed by atoms with Crippen LogP contribution in [0.3, 0.4) is 0 Å². The summed E-state index contributed by atoms with van der Waals surface area (Å²) in [6, 6.07) is 8.06. The summed E-state index contributed by atoms with van der Waals surface area (Å²) < 4.78 is 5.42. The lowest BCUT2D eigenvalue weighted by Gasteiger charge is -2.34. The Hall–Kier alpha value is -1.85. The lowest BCUT2D eigenvalue weighted by Crippen LogP contribution is -2.47. The molecule has 1 heterocycles. The molecule has 2 rings (SSSR count). The second kappa shape index (κ2) is 7.96. The Morgan fingerprint density at radius 3 is 2.95 bits per heavy atom. The fraction of sp³-hybridized carbons (Fsp3) is 0.471. The molecule has 1 fully saturated rings. The van der Waals surface area contributed by atoms with Gasteiger partial charge in [-0.15, -0.1) is 0 Å². The number of carbonyl (C=O) groups is 1. The van der Waals surface area contributed by atoms with Gasteiger partial charge in [0, 0.05) is 37.8 Å². The number of likely N-dealkylation sites (N-methyl/N-ethyl adjacent to an activating group) is 1. The summed E-state index contributed by atoms with van der Waals surface area (Å²) in [4.78, 5) is 16.2. The van der Waals surface area contributed by atoms with E-state index in [-0.39, 0.29) is 11.9 Å². The van der Waals surface area contributed by atoms with Crippen LogP contribution < -0.4 is 10.1 Å². The lowest BCUT2D eigenvalue weighted by molar-refractivity contribution is -0.127. The molecule has 22 heavy (non-hydrogen) atoms. The Bertz CT molecular complexity index is 528. The maximum absolute atomic E-state index is 12.3. The molecule has 1 unspecified atom stereocenters. The molecule has 0 aliphatic carbocycles. The Balaban J connectivity index is 2.02. The van der Waals surface area contributed by atoms with Gasteiger partial charge in [0.1, 0.15) is 5.75 Å². The van der Waals surface area contributed by atoms with Crippen LogP contribution in [0, 0.1) is 0 Å². The molecule has 5 heteroatoms. The van der Waals surface area contributed by atoms with Crippen LogP contribution >= 0.6 is 0 Å². The van der Waals surface area contributed by atoms with Gasteiger partial charge in [-0.05, 0) is 20.2 Å². The molecule has 0 bridgehead atoms. The van der Waals surface area contributed by atoms with E-state index >= 15 is 0 Å². The van der Waals surface area contributed by atoms with E-state index < -0.39 is 0 Å². The Morgan fingerprint density at radius 2 is 2.23 bits per heavy atom. The summed E-state index contributed by atoms with van der Waals surface area (Å²) in [6.45, 7) is 2.95. The summed E-state index contributed by atoms with van der Waals surface area (Å²) in [6.07, 6.45) is 3.58. The Kier molecular flexibility index (Phi) is 5.98. The van der Waals surface area contributed by atoms with Crippen LogP contribution in [0.15, 0.2) is 36.4 Å². The van der Waals surface area contributed by atoms with Gasteiger partial charge in [-0.1, -0.05) is 24.3 Å². The number of hydrogen-bond acceptors (Lipinski definition) is 4. The van der Waals surface area contributed by atoms with E-state index in [1.54, 1.807) is 13.2 Å². The van der Waals surface area contributed by atoms with Crippen molar-refractivity contribution >= 4 is 5.91 Å². The van der Waals surface area contributed by atoms with E-state index in [1.807, 2.05) is 54.2 Å². The van der Waals surface area contributed by atoms with Crippen molar-refractivity contribution in [3.63, 3.8) is 0 Å². The highest BCUT2D eigenvalue weighted by Gasteiger charge is 2.24. The van der Waals surface area contributed by atoms with Crippen molar-refractivity contribution < 1.29 is 9.53 Å². The maximum Gasteiger partial charge on any atom is 0.246 e. The number of nitrogens with one attached hydrogen (secondary N) is 1. The van der Waals surface area contributed by atoms with Gasteiger partial charge in [-0.2, -0.15) is 0 Å². The lowest BCUT2D eigenvalue weighted by atomic mass is 10.0. The fourth-order valence-corrected chi connectivity index (χ4v) is 2.58. The van der Waals surface area contributed by atoms with Gasteiger partial charge >= 0.3 is 0 Å². The van der Waals surface area contributed by atoms with Gasteiger partial charge in [-0.25, -0.2) is 0 Å². The molecular formula is C17H25N3O2. The van der Waals surface area contributed by atoms with Gasteiger partial charge in [0.15, 0.2) is 0 Å². The fourth-order valence-electron chi connectivity index (χ4n) is 2.58. The number of hydrogen-bond donors (Lipinski definition) is 1. The van der Waals surface area contributed by atoms with E-state index in [2.05, 4.69) is 5.32 Å². The number of para-hydroxylation sites is 1. The van der Waals surface area contributed by atoms with Crippen molar-refractivity contribution in [1.82, 2.24) is 15.1 Å². The van der Waals surface area contributed by atoms with Gasteiger partial charge in [0.2, 0.25) is 5.91 Å². The van der Waals surface area contributed by atoms with E-state index in [0.29, 0.717) is 6.54 Å². The molecule has 1 aromatic rings. The summed E-state index contributed by atoms with van der Waals surface area (Å²) in [5, 5.41) is 3.46. The first-order valence-corrected chi connectivity index (χ1v) is 7.58. The van der Waals surface area contributed by atoms with Crippen LogP contribution in [0.25, 0.3) is 0 Å². The van der Waals surface area contributed by atoms with E-state index in [0.717, 1.165) is 30.9 Å². The smallest absolute Gasteiger partial charge is 0.246 e. The standard InChI is InChI=1S/C17H25N3O2/c1-19(2)11-6-9-17(21)20-12-10-18-15(13-20)14-7-4-5-8-16(14)22-3/h4-9,15,18H,10-13H2,1-3H3/b9-6+. The third-order valence-electron chi connectivity index (χ3n) is 3.73. The zero-order valence-corrected chi connectivity index (χ0v) is 13.6. The monoisotopic (exact) mass is 303 g/mol. The zero-order valence-electron chi connectivity index (χ0n) is 13.6. The second-order valence-corrected chi connectivity index (χ2v) is 5.70. The first kappa shape index (κ1) is 16.5. The first-order valence-electron chi connectivity index (χ1n) is 7.58. The van der Waals surface area contributed by atoms with Crippen molar-refractivity contribution in [2.75, 3.05) is 47.4 Å². The molecular weight excluding hydrogens is 278 g/mol. The highest BCUT2D eigenvalue weighted by Crippen LogP contribution is 2.26. The van der Waals surface area contributed by atoms with Crippen LogP contribution in [0.1, 0.15) is 11.6 Å². The van der Waals surface area contributed by atoms with Gasteiger partial charge in [0.05, 0.1) is 13.2 Å². The molecule has 1 N–H and O–H groups in total. The van der Waals surface area contributed by atoms with Crippen molar-refractivity contribution in [2.24, 2.45) is 0 Å². The molecule has 120 valence electrons. The minimum absolute atomic E-state index is 0.0725. The summed E-state index contributed by atoms with van der Waals surface area (Å²) in [5.74, 6) is 0.931. The minimum Gasteiger partial charge on any atom is -0.496 e. The predicted octanol–water partition coefficient (Wildman–Crippen LogP) is 1.29. The van der Waals surface area contributed by atoms with Crippen molar-refractivity contribution in [2.45, 2.75) is 6.04 Å². The molecule has 1 atom stereocenters. The molecule has 0 radical (unpaired) electrons. The molecule has 0 aromatic heterocycles. The van der Waals surface area contributed by atoms with Crippen molar-refractivity contribution in [3.8, 4) is 5.75 Å². The van der Waals surface area contributed by atoms with E-state index in [1.165, 1.54) is 0 Å². The molecule has 5 nitrogen and oxygen atoms in total. The minimum atomic E-state index is 0.0725. The molecule has 1 aliphatic rings. The number of ether oxygens (including phenoxy) is 1. The topological polar surface area (TPSA) is 44.8 Å². The normalized spacial score (nSPS) is 18.9. The average Bonchev–Trinajstić information content (AvgIpc) is 2.54. The number of rotatable bonds is 5. The first-order chi connectivity index (χ1) is 10.6. The average molecular weight is 303 g/mol. The highest BCUT2D eigenvalue weighted by atomic mass is 16.5. The second-order valence-electron chi connectivity index (χ2n) is 5.70. The SMILES string of the molecule is COc1ccccc1C1CN(C(=O)/C=C/CN(C)C)CCN1. The van der Waals surface area contributed by atoms with Gasteiger partial charge in [-0.3, -0.25) is 4.79 Å². The number of methoxy groups -OCH3 is 1. The Morgan fingerprint density at radius 1 is 1.45 bits per heavy atom. The van der Waals surface area contributed by atoms with Crippen LogP contribution in [0.2, 0.25) is 0 Å². The molecule has 1 saturated heterocycles. The van der Waals surface area contributed by atoms with Crippen LogP contribution in [-0.2, 0) is 4.79 Å². The highest BCUT2D eigenvalue weighted by molar-refractivity contribution is 5.87. The molecule has 0 saturated carbocycles. The van der Waals surface area contributed by atoms with Gasteiger partial charge in [0.25, 0.3) is 0 Å². The van der Waals surface area contributed by atoms with E-state index in [9.17, 15) is 4.79 Å². The molecule has 0 spiro atoms. The van der Waals surface area contributed by atoms with Crippen LogP contribution in [-0.4, -0.2) is 63.1 Å². The van der Waals surface area contributed by atoms with Crippen molar-refractivity contribution in [1.29, 1.82) is 0 Å². The quantitative estimate of drug-likeness (QED) is 0.833. The number of benzene rings is 1. The van der Waals surface area contributed by atoms with Crippen molar-refractivity contribution in [3.05, 3.63) is 42.0 Å². The van der Waals surface area contributed by atoms with E-state index in [4.69, 9.17) is 4.74 Å². The summed E-state index contributed by atoms with van der Waals surface area (Å²) in [5.41, 5.74) is 1.10. The largest absolute Gasteiger partial charge is 0.496 e. The number of nitrogens with zero attached hydrogens (tertiary/aromatic N) is 2. The molecule has 1 aromatic carbocycles. The van der Waals surface area contributed by atoms with Gasteiger partial charge < -0.3 is 19.9 Å². The molecule has 1 amide bonds. The third-order valence-corrected chi connectivity index (χ3v) is 3.73.